The number of nitrogens with one attached hydrogen (secondary N) is 1. The third-order valence-electron chi connectivity index (χ3n) is 3.97. The second-order valence-electron chi connectivity index (χ2n) is 5.47. The molecule has 2 nitrogen and oxygen atoms in total. The average molecular weight is 224 g/mol. The highest BCUT2D eigenvalue weighted by molar-refractivity contribution is 4.93. The SMILES string of the molecule is C=CCN(CCC)CC1(C(C)C)CCNC1. The van der Waals surface area contributed by atoms with E-state index in [2.05, 4.69) is 37.6 Å². The summed E-state index contributed by atoms with van der Waals surface area (Å²) in [5.74, 6) is 0.756. The highest BCUT2D eigenvalue weighted by Crippen LogP contribution is 2.34. The number of rotatable bonds is 7. The molecule has 1 aliphatic heterocycles. The van der Waals surface area contributed by atoms with E-state index in [4.69, 9.17) is 0 Å². The highest BCUT2D eigenvalue weighted by atomic mass is 15.1. The molecule has 1 atom stereocenters. The second-order valence-corrected chi connectivity index (χ2v) is 5.47. The summed E-state index contributed by atoms with van der Waals surface area (Å²) in [6.07, 6.45) is 4.59. The molecule has 0 aromatic rings. The third kappa shape index (κ3) is 3.33. The van der Waals surface area contributed by atoms with Crippen LogP contribution in [0.1, 0.15) is 33.6 Å². The average Bonchev–Trinajstić information content (AvgIpc) is 2.68. The van der Waals surface area contributed by atoms with Crippen molar-refractivity contribution in [3.05, 3.63) is 12.7 Å². The Hall–Kier alpha value is -0.340. The van der Waals surface area contributed by atoms with Crippen molar-refractivity contribution in [1.82, 2.24) is 10.2 Å². The topological polar surface area (TPSA) is 15.3 Å². The van der Waals surface area contributed by atoms with Gasteiger partial charge in [-0.3, -0.25) is 4.90 Å². The normalized spacial score (nSPS) is 25.6. The lowest BCUT2D eigenvalue weighted by Crippen LogP contribution is -2.43. The first-order valence-corrected chi connectivity index (χ1v) is 6.68. The maximum absolute atomic E-state index is 3.87. The van der Waals surface area contributed by atoms with Crippen LogP contribution in [0.5, 0.6) is 0 Å². The predicted molar refractivity (Wildman–Crippen MR) is 71.7 cm³/mol. The van der Waals surface area contributed by atoms with Crippen LogP contribution >= 0.6 is 0 Å². The van der Waals surface area contributed by atoms with Gasteiger partial charge in [0.1, 0.15) is 0 Å². The van der Waals surface area contributed by atoms with E-state index >= 15 is 0 Å². The van der Waals surface area contributed by atoms with Crippen LogP contribution < -0.4 is 5.32 Å². The summed E-state index contributed by atoms with van der Waals surface area (Å²) in [4.78, 5) is 2.56. The van der Waals surface area contributed by atoms with Gasteiger partial charge in [0.05, 0.1) is 0 Å². The van der Waals surface area contributed by atoms with Crippen LogP contribution in [0.3, 0.4) is 0 Å². The molecule has 0 aromatic carbocycles. The van der Waals surface area contributed by atoms with Crippen LogP contribution in [0, 0.1) is 11.3 Å². The van der Waals surface area contributed by atoms with E-state index in [9.17, 15) is 0 Å². The molecule has 1 rings (SSSR count). The van der Waals surface area contributed by atoms with Crippen LogP contribution in [0.25, 0.3) is 0 Å². The van der Waals surface area contributed by atoms with Gasteiger partial charge in [-0.1, -0.05) is 26.8 Å². The first-order valence-electron chi connectivity index (χ1n) is 6.68. The smallest absolute Gasteiger partial charge is 0.0160 e. The lowest BCUT2D eigenvalue weighted by Gasteiger charge is -2.37. The molecule has 1 heterocycles. The Kier molecular flexibility index (Phi) is 5.50. The van der Waals surface area contributed by atoms with Crippen molar-refractivity contribution in [2.24, 2.45) is 11.3 Å². The zero-order valence-electron chi connectivity index (χ0n) is 11.3. The Morgan fingerprint density at radius 3 is 2.69 bits per heavy atom. The first kappa shape index (κ1) is 13.7. The van der Waals surface area contributed by atoms with Gasteiger partial charge >= 0.3 is 0 Å². The van der Waals surface area contributed by atoms with E-state index in [1.165, 1.54) is 39.0 Å². The molecule has 1 N–H and O–H groups in total. The molecule has 0 radical (unpaired) electrons. The molecular weight excluding hydrogens is 196 g/mol. The van der Waals surface area contributed by atoms with Crippen LogP contribution in [0.4, 0.5) is 0 Å². The molecule has 0 aliphatic carbocycles. The van der Waals surface area contributed by atoms with Crippen molar-refractivity contribution < 1.29 is 0 Å². The number of nitrogens with zero attached hydrogens (tertiary/aromatic N) is 1. The van der Waals surface area contributed by atoms with Crippen LogP contribution in [-0.4, -0.2) is 37.6 Å². The minimum absolute atomic E-state index is 0.484. The highest BCUT2D eigenvalue weighted by Gasteiger charge is 2.37. The zero-order chi connectivity index (χ0) is 12.0. The molecule has 1 fully saturated rings. The zero-order valence-corrected chi connectivity index (χ0v) is 11.3. The summed E-state index contributed by atoms with van der Waals surface area (Å²) in [5.41, 5.74) is 0.484. The maximum atomic E-state index is 3.87. The molecule has 1 saturated heterocycles. The van der Waals surface area contributed by atoms with E-state index < -0.39 is 0 Å². The van der Waals surface area contributed by atoms with Gasteiger partial charge < -0.3 is 5.32 Å². The molecule has 1 unspecified atom stereocenters. The third-order valence-corrected chi connectivity index (χ3v) is 3.97. The standard InChI is InChI=1S/C14H28N2/c1-5-9-16(10-6-2)12-14(13(3)4)7-8-15-11-14/h5,13,15H,1,6-12H2,2-4H3. The molecule has 0 bridgehead atoms. The van der Waals surface area contributed by atoms with E-state index in [0.717, 1.165) is 12.5 Å². The van der Waals surface area contributed by atoms with Gasteiger partial charge in [0.25, 0.3) is 0 Å². The Labute approximate surface area is 101 Å². The predicted octanol–water partition coefficient (Wildman–Crippen LogP) is 2.52. The summed E-state index contributed by atoms with van der Waals surface area (Å²) in [7, 11) is 0. The summed E-state index contributed by atoms with van der Waals surface area (Å²) >= 11 is 0. The Bertz CT molecular complexity index is 205. The molecule has 94 valence electrons. The minimum atomic E-state index is 0.484. The van der Waals surface area contributed by atoms with E-state index in [-0.39, 0.29) is 0 Å². The minimum Gasteiger partial charge on any atom is -0.316 e. The molecule has 0 saturated carbocycles. The quantitative estimate of drug-likeness (QED) is 0.669. The molecule has 1 aliphatic rings. The van der Waals surface area contributed by atoms with Crippen molar-refractivity contribution in [3.8, 4) is 0 Å². The van der Waals surface area contributed by atoms with Gasteiger partial charge in [0.2, 0.25) is 0 Å². The summed E-state index contributed by atoms with van der Waals surface area (Å²) in [5, 5.41) is 3.53. The molecular formula is C14H28N2. The van der Waals surface area contributed by atoms with Gasteiger partial charge in [-0.05, 0) is 37.3 Å². The Balaban J connectivity index is 2.61. The van der Waals surface area contributed by atoms with Gasteiger partial charge in [-0.15, -0.1) is 6.58 Å². The van der Waals surface area contributed by atoms with Crippen LogP contribution in [0.2, 0.25) is 0 Å². The summed E-state index contributed by atoms with van der Waals surface area (Å²) in [6.45, 7) is 16.7. The largest absolute Gasteiger partial charge is 0.316 e. The van der Waals surface area contributed by atoms with Gasteiger partial charge in [-0.25, -0.2) is 0 Å². The Morgan fingerprint density at radius 2 is 2.25 bits per heavy atom. The second kappa shape index (κ2) is 6.41. The van der Waals surface area contributed by atoms with E-state index in [1.54, 1.807) is 0 Å². The first-order chi connectivity index (χ1) is 7.64. The number of hydrogen-bond acceptors (Lipinski definition) is 2. The fraction of sp³-hybridized carbons (Fsp3) is 0.857. The fourth-order valence-electron chi connectivity index (χ4n) is 2.75. The summed E-state index contributed by atoms with van der Waals surface area (Å²) < 4.78 is 0. The van der Waals surface area contributed by atoms with Crippen molar-refractivity contribution in [1.29, 1.82) is 0 Å². The molecule has 0 aromatic heterocycles. The van der Waals surface area contributed by atoms with Crippen LogP contribution in [-0.2, 0) is 0 Å². The molecule has 16 heavy (non-hydrogen) atoms. The monoisotopic (exact) mass is 224 g/mol. The lowest BCUT2D eigenvalue weighted by molar-refractivity contribution is 0.126. The van der Waals surface area contributed by atoms with Crippen molar-refractivity contribution in [3.63, 3.8) is 0 Å². The van der Waals surface area contributed by atoms with Crippen LogP contribution in [0.15, 0.2) is 12.7 Å². The van der Waals surface area contributed by atoms with Gasteiger partial charge in [0.15, 0.2) is 0 Å². The van der Waals surface area contributed by atoms with E-state index in [0.29, 0.717) is 5.41 Å². The van der Waals surface area contributed by atoms with Crippen molar-refractivity contribution >= 4 is 0 Å². The van der Waals surface area contributed by atoms with Gasteiger partial charge in [0, 0.05) is 19.6 Å². The summed E-state index contributed by atoms with van der Waals surface area (Å²) in [6, 6.07) is 0. The van der Waals surface area contributed by atoms with E-state index in [1.807, 2.05) is 6.08 Å². The molecule has 0 amide bonds. The number of hydrogen-bond donors (Lipinski definition) is 1. The lowest BCUT2D eigenvalue weighted by atomic mass is 9.76. The van der Waals surface area contributed by atoms with Crippen molar-refractivity contribution in [2.45, 2.75) is 33.6 Å². The maximum Gasteiger partial charge on any atom is 0.0160 e. The fourth-order valence-corrected chi connectivity index (χ4v) is 2.75. The van der Waals surface area contributed by atoms with Gasteiger partial charge in [-0.2, -0.15) is 0 Å². The molecule has 0 spiro atoms. The Morgan fingerprint density at radius 1 is 1.50 bits per heavy atom. The van der Waals surface area contributed by atoms with Crippen molar-refractivity contribution in [2.75, 3.05) is 32.7 Å². The molecule has 2 heteroatoms.